The van der Waals surface area contributed by atoms with Crippen LogP contribution in [0.3, 0.4) is 0 Å². The molecule has 1 saturated heterocycles. The molecule has 0 saturated carbocycles. The van der Waals surface area contributed by atoms with Gasteiger partial charge in [0.1, 0.15) is 18.8 Å². The standard InChI is InChI=1S/C10H17NO4/c1-7(15-8(2)12)6-14-10(13)9-4-3-5-11-9/h7,9,11H,3-6H2,1-2H3/t7?,9-/m0/s1. The van der Waals surface area contributed by atoms with Gasteiger partial charge in [0.15, 0.2) is 0 Å². The molecule has 2 atom stereocenters. The Morgan fingerprint density at radius 3 is 2.80 bits per heavy atom. The van der Waals surface area contributed by atoms with Gasteiger partial charge in [-0.25, -0.2) is 0 Å². The molecule has 5 nitrogen and oxygen atoms in total. The molecule has 15 heavy (non-hydrogen) atoms. The van der Waals surface area contributed by atoms with Crippen LogP contribution in [0.25, 0.3) is 0 Å². The SMILES string of the molecule is CC(=O)OC(C)COC(=O)[C@@H]1CCCN1. The monoisotopic (exact) mass is 215 g/mol. The molecular formula is C10H17NO4. The summed E-state index contributed by atoms with van der Waals surface area (Å²) in [6.45, 7) is 4.00. The van der Waals surface area contributed by atoms with E-state index in [1.165, 1.54) is 6.92 Å². The summed E-state index contributed by atoms with van der Waals surface area (Å²) < 4.78 is 9.84. The Morgan fingerprint density at radius 2 is 2.27 bits per heavy atom. The van der Waals surface area contributed by atoms with E-state index in [0.717, 1.165) is 19.4 Å². The molecule has 1 N–H and O–H groups in total. The van der Waals surface area contributed by atoms with Crippen LogP contribution in [-0.4, -0.2) is 37.2 Å². The summed E-state index contributed by atoms with van der Waals surface area (Å²) >= 11 is 0. The largest absolute Gasteiger partial charge is 0.461 e. The van der Waals surface area contributed by atoms with E-state index in [2.05, 4.69) is 5.32 Å². The predicted molar refractivity (Wildman–Crippen MR) is 53.2 cm³/mol. The number of carbonyl (C=O) groups excluding carboxylic acids is 2. The number of hydrogen-bond acceptors (Lipinski definition) is 5. The van der Waals surface area contributed by atoms with Gasteiger partial charge in [0, 0.05) is 6.92 Å². The van der Waals surface area contributed by atoms with Gasteiger partial charge in [-0.1, -0.05) is 0 Å². The molecule has 0 spiro atoms. The van der Waals surface area contributed by atoms with Crippen molar-refractivity contribution >= 4 is 11.9 Å². The van der Waals surface area contributed by atoms with Crippen LogP contribution in [-0.2, 0) is 19.1 Å². The fraction of sp³-hybridized carbons (Fsp3) is 0.800. The van der Waals surface area contributed by atoms with Gasteiger partial charge >= 0.3 is 11.9 Å². The van der Waals surface area contributed by atoms with Crippen molar-refractivity contribution in [3.63, 3.8) is 0 Å². The lowest BCUT2D eigenvalue weighted by molar-refractivity contribution is -0.157. The Bertz CT molecular complexity index is 236. The minimum Gasteiger partial charge on any atom is -0.461 e. The van der Waals surface area contributed by atoms with Crippen LogP contribution in [0.2, 0.25) is 0 Å². The lowest BCUT2D eigenvalue weighted by atomic mass is 10.2. The van der Waals surface area contributed by atoms with Gasteiger partial charge in [-0.3, -0.25) is 9.59 Å². The summed E-state index contributed by atoms with van der Waals surface area (Å²) in [5.74, 6) is -0.621. The molecule has 1 rings (SSSR count). The Kier molecular flexibility index (Phi) is 4.55. The van der Waals surface area contributed by atoms with Crippen molar-refractivity contribution in [2.75, 3.05) is 13.2 Å². The molecule has 0 aromatic carbocycles. The van der Waals surface area contributed by atoms with Crippen LogP contribution in [0.15, 0.2) is 0 Å². The third-order valence-electron chi connectivity index (χ3n) is 2.17. The highest BCUT2D eigenvalue weighted by atomic mass is 16.6. The molecule has 0 aromatic heterocycles. The molecule has 0 radical (unpaired) electrons. The summed E-state index contributed by atoms with van der Waals surface area (Å²) in [6.07, 6.45) is 1.44. The van der Waals surface area contributed by atoms with E-state index < -0.39 is 0 Å². The average Bonchev–Trinajstić information content (AvgIpc) is 2.65. The van der Waals surface area contributed by atoms with Crippen LogP contribution in [0.5, 0.6) is 0 Å². The lowest BCUT2D eigenvalue weighted by Crippen LogP contribution is -2.34. The first-order chi connectivity index (χ1) is 7.09. The summed E-state index contributed by atoms with van der Waals surface area (Å²) in [4.78, 5) is 22.0. The van der Waals surface area contributed by atoms with E-state index in [9.17, 15) is 9.59 Å². The Morgan fingerprint density at radius 1 is 1.53 bits per heavy atom. The second-order valence-electron chi connectivity index (χ2n) is 3.70. The summed E-state index contributed by atoms with van der Waals surface area (Å²) in [5.41, 5.74) is 0. The predicted octanol–water partition coefficient (Wildman–Crippen LogP) is 0.233. The van der Waals surface area contributed by atoms with Crippen LogP contribution in [0.4, 0.5) is 0 Å². The van der Waals surface area contributed by atoms with Crippen molar-refractivity contribution in [2.24, 2.45) is 0 Å². The van der Waals surface area contributed by atoms with Gasteiger partial charge in [0.2, 0.25) is 0 Å². The van der Waals surface area contributed by atoms with Gasteiger partial charge in [-0.15, -0.1) is 0 Å². The Balaban J connectivity index is 2.18. The number of ether oxygens (including phenoxy) is 2. The maximum atomic E-state index is 11.4. The van der Waals surface area contributed by atoms with Crippen LogP contribution < -0.4 is 5.32 Å². The normalized spacial score (nSPS) is 22.1. The molecule has 1 aliphatic rings. The number of carbonyl (C=O) groups is 2. The topological polar surface area (TPSA) is 64.6 Å². The fourth-order valence-electron chi connectivity index (χ4n) is 1.50. The molecule has 1 heterocycles. The van der Waals surface area contributed by atoms with Gasteiger partial charge < -0.3 is 14.8 Å². The van der Waals surface area contributed by atoms with Crippen molar-refractivity contribution in [1.29, 1.82) is 0 Å². The first kappa shape index (κ1) is 12.0. The minimum absolute atomic E-state index is 0.122. The molecule has 5 heteroatoms. The molecular weight excluding hydrogens is 198 g/mol. The highest BCUT2D eigenvalue weighted by Crippen LogP contribution is 2.07. The Hall–Kier alpha value is -1.10. The number of rotatable bonds is 4. The van der Waals surface area contributed by atoms with Gasteiger partial charge in [-0.05, 0) is 26.3 Å². The van der Waals surface area contributed by atoms with Gasteiger partial charge in [0.25, 0.3) is 0 Å². The van der Waals surface area contributed by atoms with E-state index in [1.807, 2.05) is 0 Å². The molecule has 0 aromatic rings. The number of hydrogen-bond donors (Lipinski definition) is 1. The average molecular weight is 215 g/mol. The maximum Gasteiger partial charge on any atom is 0.323 e. The second kappa shape index (κ2) is 5.70. The second-order valence-corrected chi connectivity index (χ2v) is 3.70. The van der Waals surface area contributed by atoms with Crippen LogP contribution in [0, 0.1) is 0 Å². The first-order valence-electron chi connectivity index (χ1n) is 5.17. The molecule has 0 amide bonds. The molecule has 1 unspecified atom stereocenters. The summed E-state index contributed by atoms with van der Waals surface area (Å²) in [5, 5.41) is 3.04. The number of nitrogens with one attached hydrogen (secondary N) is 1. The van der Waals surface area contributed by atoms with E-state index in [-0.39, 0.29) is 30.7 Å². The summed E-state index contributed by atoms with van der Waals surface area (Å²) in [6, 6.07) is -0.186. The van der Waals surface area contributed by atoms with Crippen molar-refractivity contribution in [3.8, 4) is 0 Å². The summed E-state index contributed by atoms with van der Waals surface area (Å²) in [7, 11) is 0. The van der Waals surface area contributed by atoms with E-state index in [4.69, 9.17) is 9.47 Å². The quantitative estimate of drug-likeness (QED) is 0.680. The highest BCUT2D eigenvalue weighted by Gasteiger charge is 2.23. The smallest absolute Gasteiger partial charge is 0.323 e. The first-order valence-corrected chi connectivity index (χ1v) is 5.17. The zero-order chi connectivity index (χ0) is 11.3. The van der Waals surface area contributed by atoms with Crippen LogP contribution in [0.1, 0.15) is 26.7 Å². The third-order valence-corrected chi connectivity index (χ3v) is 2.17. The fourth-order valence-corrected chi connectivity index (χ4v) is 1.50. The number of esters is 2. The van der Waals surface area contributed by atoms with Gasteiger partial charge in [0.05, 0.1) is 0 Å². The molecule has 0 aliphatic carbocycles. The minimum atomic E-state index is -0.382. The highest BCUT2D eigenvalue weighted by molar-refractivity contribution is 5.76. The van der Waals surface area contributed by atoms with E-state index >= 15 is 0 Å². The molecule has 0 bridgehead atoms. The van der Waals surface area contributed by atoms with Crippen molar-refractivity contribution in [3.05, 3.63) is 0 Å². The van der Waals surface area contributed by atoms with E-state index in [0.29, 0.717) is 0 Å². The maximum absolute atomic E-state index is 11.4. The zero-order valence-corrected chi connectivity index (χ0v) is 9.12. The molecule has 1 fully saturated rings. The van der Waals surface area contributed by atoms with Crippen molar-refractivity contribution in [2.45, 2.75) is 38.8 Å². The van der Waals surface area contributed by atoms with Crippen molar-refractivity contribution in [1.82, 2.24) is 5.32 Å². The zero-order valence-electron chi connectivity index (χ0n) is 9.12. The third kappa shape index (κ3) is 4.29. The van der Waals surface area contributed by atoms with Gasteiger partial charge in [-0.2, -0.15) is 0 Å². The lowest BCUT2D eigenvalue weighted by Gasteiger charge is -2.14. The van der Waals surface area contributed by atoms with Crippen molar-refractivity contribution < 1.29 is 19.1 Å². The van der Waals surface area contributed by atoms with Crippen LogP contribution >= 0.6 is 0 Å². The molecule has 86 valence electrons. The Labute approximate surface area is 89.1 Å². The van der Waals surface area contributed by atoms with E-state index in [1.54, 1.807) is 6.92 Å². The molecule has 1 aliphatic heterocycles.